The highest BCUT2D eigenvalue weighted by Gasteiger charge is 2.02. The molecular formula is C18H16N2O. The van der Waals surface area contributed by atoms with Gasteiger partial charge in [0.2, 0.25) is 0 Å². The van der Waals surface area contributed by atoms with E-state index in [1.165, 1.54) is 0 Å². The smallest absolute Gasteiger partial charge is 0.0682 e. The van der Waals surface area contributed by atoms with Crippen molar-refractivity contribution in [3.05, 3.63) is 78.6 Å². The van der Waals surface area contributed by atoms with Crippen molar-refractivity contribution in [2.45, 2.75) is 6.61 Å². The van der Waals surface area contributed by atoms with Crippen molar-refractivity contribution >= 4 is 11.4 Å². The molecule has 0 fully saturated rings. The number of benzene rings is 2. The zero-order valence-corrected chi connectivity index (χ0v) is 11.5. The van der Waals surface area contributed by atoms with Crippen LogP contribution in [-0.4, -0.2) is 10.1 Å². The Balaban J connectivity index is 1.89. The minimum Gasteiger partial charge on any atom is -0.392 e. The fourth-order valence-corrected chi connectivity index (χ4v) is 2.20. The molecule has 0 saturated carbocycles. The molecule has 0 radical (unpaired) electrons. The Morgan fingerprint density at radius 2 is 1.67 bits per heavy atom. The molecule has 104 valence electrons. The molecule has 21 heavy (non-hydrogen) atoms. The third-order valence-corrected chi connectivity index (χ3v) is 3.24. The summed E-state index contributed by atoms with van der Waals surface area (Å²) >= 11 is 0. The summed E-state index contributed by atoms with van der Waals surface area (Å²) in [6, 6.07) is 19.9. The zero-order chi connectivity index (χ0) is 14.5. The summed E-state index contributed by atoms with van der Waals surface area (Å²) in [5, 5.41) is 12.6. The first-order valence-corrected chi connectivity index (χ1v) is 6.82. The molecule has 0 atom stereocenters. The van der Waals surface area contributed by atoms with Crippen molar-refractivity contribution in [2.75, 3.05) is 5.32 Å². The lowest BCUT2D eigenvalue weighted by Crippen LogP contribution is -1.92. The largest absolute Gasteiger partial charge is 0.392 e. The van der Waals surface area contributed by atoms with Crippen molar-refractivity contribution in [1.82, 2.24) is 4.98 Å². The maximum atomic E-state index is 9.23. The summed E-state index contributed by atoms with van der Waals surface area (Å²) in [7, 11) is 0. The Kier molecular flexibility index (Phi) is 3.94. The van der Waals surface area contributed by atoms with Crippen molar-refractivity contribution in [2.24, 2.45) is 0 Å². The van der Waals surface area contributed by atoms with Crippen molar-refractivity contribution in [1.29, 1.82) is 0 Å². The average Bonchev–Trinajstić information content (AvgIpc) is 2.56. The van der Waals surface area contributed by atoms with Crippen LogP contribution in [0.3, 0.4) is 0 Å². The Morgan fingerprint density at radius 1 is 0.810 bits per heavy atom. The molecule has 3 rings (SSSR count). The van der Waals surface area contributed by atoms with Gasteiger partial charge >= 0.3 is 0 Å². The van der Waals surface area contributed by atoms with E-state index in [9.17, 15) is 5.11 Å². The molecule has 2 aromatic carbocycles. The standard InChI is InChI=1S/C18H16N2O/c21-13-14-5-4-6-15(9-14)16-10-18(12-19-11-16)20-17-7-2-1-3-8-17/h1-12,20-21H,13H2. The second-order valence-electron chi connectivity index (χ2n) is 4.81. The molecule has 2 N–H and O–H groups in total. The van der Waals surface area contributed by atoms with Crippen LogP contribution < -0.4 is 5.32 Å². The predicted octanol–water partition coefficient (Wildman–Crippen LogP) is 3.98. The summed E-state index contributed by atoms with van der Waals surface area (Å²) < 4.78 is 0. The van der Waals surface area contributed by atoms with E-state index in [1.54, 1.807) is 6.20 Å². The molecule has 3 nitrogen and oxygen atoms in total. The zero-order valence-electron chi connectivity index (χ0n) is 11.5. The van der Waals surface area contributed by atoms with Gasteiger partial charge in [0.25, 0.3) is 0 Å². The number of hydrogen-bond acceptors (Lipinski definition) is 3. The summed E-state index contributed by atoms with van der Waals surface area (Å²) in [5.41, 5.74) is 4.93. The Labute approximate surface area is 123 Å². The fourth-order valence-electron chi connectivity index (χ4n) is 2.20. The van der Waals surface area contributed by atoms with Crippen LogP contribution in [0.1, 0.15) is 5.56 Å². The highest BCUT2D eigenvalue weighted by molar-refractivity contribution is 5.69. The molecule has 1 heterocycles. The van der Waals surface area contributed by atoms with Gasteiger partial charge < -0.3 is 10.4 Å². The highest BCUT2D eigenvalue weighted by Crippen LogP contribution is 2.24. The molecule has 1 aromatic heterocycles. The summed E-state index contributed by atoms with van der Waals surface area (Å²) in [6.45, 7) is 0.0449. The lowest BCUT2D eigenvalue weighted by Gasteiger charge is -2.08. The minimum atomic E-state index is 0.0449. The highest BCUT2D eigenvalue weighted by atomic mass is 16.3. The van der Waals surface area contributed by atoms with E-state index >= 15 is 0 Å². The van der Waals surface area contributed by atoms with Crippen LogP contribution in [0.5, 0.6) is 0 Å². The maximum Gasteiger partial charge on any atom is 0.0682 e. The normalized spacial score (nSPS) is 10.3. The number of aromatic nitrogens is 1. The lowest BCUT2D eigenvalue weighted by molar-refractivity contribution is 0.282. The van der Waals surface area contributed by atoms with Crippen LogP contribution in [0.2, 0.25) is 0 Å². The van der Waals surface area contributed by atoms with Gasteiger partial charge in [0.1, 0.15) is 0 Å². The molecule has 0 spiro atoms. The monoisotopic (exact) mass is 276 g/mol. The molecule has 0 aliphatic carbocycles. The number of para-hydroxylation sites is 1. The van der Waals surface area contributed by atoms with E-state index in [1.807, 2.05) is 60.8 Å². The van der Waals surface area contributed by atoms with Crippen molar-refractivity contribution in [3.8, 4) is 11.1 Å². The van der Waals surface area contributed by atoms with E-state index in [0.717, 1.165) is 28.1 Å². The molecule has 3 aromatic rings. The van der Waals surface area contributed by atoms with Crippen LogP contribution in [0, 0.1) is 0 Å². The number of aliphatic hydroxyl groups excluding tert-OH is 1. The number of nitrogens with zero attached hydrogens (tertiary/aromatic N) is 1. The van der Waals surface area contributed by atoms with E-state index < -0.39 is 0 Å². The molecule has 0 saturated heterocycles. The van der Waals surface area contributed by atoms with E-state index in [4.69, 9.17) is 0 Å². The summed E-state index contributed by atoms with van der Waals surface area (Å²) in [6.07, 6.45) is 3.62. The van der Waals surface area contributed by atoms with Crippen LogP contribution >= 0.6 is 0 Å². The maximum absolute atomic E-state index is 9.23. The summed E-state index contributed by atoms with van der Waals surface area (Å²) in [4.78, 5) is 4.29. The van der Waals surface area contributed by atoms with Gasteiger partial charge in [0.05, 0.1) is 18.5 Å². The molecule has 0 aliphatic heterocycles. The van der Waals surface area contributed by atoms with Crippen LogP contribution in [0.15, 0.2) is 73.1 Å². The first-order valence-electron chi connectivity index (χ1n) is 6.82. The molecule has 0 bridgehead atoms. The van der Waals surface area contributed by atoms with Crippen LogP contribution in [0.4, 0.5) is 11.4 Å². The molecule has 3 heteroatoms. The number of nitrogens with one attached hydrogen (secondary N) is 1. The quantitative estimate of drug-likeness (QED) is 0.757. The second kappa shape index (κ2) is 6.20. The molecular weight excluding hydrogens is 260 g/mol. The summed E-state index contributed by atoms with van der Waals surface area (Å²) in [5.74, 6) is 0. The van der Waals surface area contributed by atoms with Gasteiger partial charge in [-0.2, -0.15) is 0 Å². The Bertz CT molecular complexity index is 726. The van der Waals surface area contributed by atoms with Gasteiger partial charge in [-0.1, -0.05) is 36.4 Å². The van der Waals surface area contributed by atoms with Crippen LogP contribution in [-0.2, 0) is 6.61 Å². The van der Waals surface area contributed by atoms with Crippen molar-refractivity contribution < 1.29 is 5.11 Å². The molecule has 0 unspecified atom stereocenters. The number of aliphatic hydroxyl groups is 1. The minimum absolute atomic E-state index is 0.0449. The number of hydrogen-bond donors (Lipinski definition) is 2. The van der Waals surface area contributed by atoms with Crippen LogP contribution in [0.25, 0.3) is 11.1 Å². The first-order chi connectivity index (χ1) is 10.3. The lowest BCUT2D eigenvalue weighted by atomic mass is 10.0. The average molecular weight is 276 g/mol. The van der Waals surface area contributed by atoms with Gasteiger partial charge in [-0.15, -0.1) is 0 Å². The fraction of sp³-hybridized carbons (Fsp3) is 0.0556. The first kappa shape index (κ1) is 13.3. The molecule has 0 amide bonds. The second-order valence-corrected chi connectivity index (χ2v) is 4.81. The number of anilines is 2. The van der Waals surface area contributed by atoms with Gasteiger partial charge in [-0.25, -0.2) is 0 Å². The third-order valence-electron chi connectivity index (χ3n) is 3.24. The van der Waals surface area contributed by atoms with Crippen molar-refractivity contribution in [3.63, 3.8) is 0 Å². The van der Waals surface area contributed by atoms with E-state index in [2.05, 4.69) is 16.4 Å². The number of pyridine rings is 1. The predicted molar refractivity (Wildman–Crippen MR) is 85.3 cm³/mol. The van der Waals surface area contributed by atoms with Gasteiger partial charge in [-0.05, 0) is 35.4 Å². The number of rotatable bonds is 4. The van der Waals surface area contributed by atoms with E-state index in [-0.39, 0.29) is 6.61 Å². The molecule has 0 aliphatic rings. The third kappa shape index (κ3) is 3.27. The SMILES string of the molecule is OCc1cccc(-c2cncc(Nc3ccccc3)c2)c1. The topological polar surface area (TPSA) is 45.2 Å². The Morgan fingerprint density at radius 3 is 2.48 bits per heavy atom. The van der Waals surface area contributed by atoms with Gasteiger partial charge in [0, 0.05) is 17.4 Å². The Hall–Kier alpha value is -2.65. The van der Waals surface area contributed by atoms with E-state index in [0.29, 0.717) is 0 Å². The van der Waals surface area contributed by atoms with Gasteiger partial charge in [-0.3, -0.25) is 4.98 Å². The van der Waals surface area contributed by atoms with Gasteiger partial charge in [0.15, 0.2) is 0 Å².